The number of methoxy groups -OCH3 is 1. The molecule has 114 valence electrons. The highest BCUT2D eigenvalue weighted by atomic mass is 16.5. The number of ether oxygens (including phenoxy) is 1. The third kappa shape index (κ3) is 4.05. The van der Waals surface area contributed by atoms with E-state index in [4.69, 9.17) is 10.5 Å². The molecule has 0 aliphatic rings. The first-order valence-electron chi connectivity index (χ1n) is 7.57. The molecule has 0 radical (unpaired) electrons. The molecule has 1 aromatic rings. The number of hydrogen-bond donors (Lipinski definition) is 1. The fraction of sp³-hybridized carbons (Fsp3) is 0.647. The molecule has 0 fully saturated rings. The SMILES string of the molecule is CCC(C)N(CCOC)C(CN)c1cccc(C)c1C. The van der Waals surface area contributed by atoms with Crippen LogP contribution in [0, 0.1) is 13.8 Å². The van der Waals surface area contributed by atoms with Crippen molar-refractivity contribution in [3.05, 3.63) is 34.9 Å². The van der Waals surface area contributed by atoms with Crippen molar-refractivity contribution in [2.75, 3.05) is 26.8 Å². The maximum absolute atomic E-state index is 6.11. The Hall–Kier alpha value is -0.900. The van der Waals surface area contributed by atoms with E-state index in [1.807, 2.05) is 0 Å². The maximum atomic E-state index is 6.11. The van der Waals surface area contributed by atoms with Crippen LogP contribution in [0.5, 0.6) is 0 Å². The average Bonchev–Trinajstić information content (AvgIpc) is 2.46. The van der Waals surface area contributed by atoms with Crippen molar-refractivity contribution in [2.45, 2.75) is 46.2 Å². The fourth-order valence-electron chi connectivity index (χ4n) is 2.69. The van der Waals surface area contributed by atoms with Crippen molar-refractivity contribution >= 4 is 0 Å². The van der Waals surface area contributed by atoms with Gasteiger partial charge in [0.1, 0.15) is 0 Å². The molecule has 0 aliphatic heterocycles. The highest BCUT2D eigenvalue weighted by Crippen LogP contribution is 2.27. The van der Waals surface area contributed by atoms with Crippen LogP contribution in [0.25, 0.3) is 0 Å². The molecule has 2 unspecified atom stereocenters. The molecule has 20 heavy (non-hydrogen) atoms. The number of nitrogens with zero attached hydrogens (tertiary/aromatic N) is 1. The quantitative estimate of drug-likeness (QED) is 0.794. The van der Waals surface area contributed by atoms with E-state index in [2.05, 4.69) is 50.8 Å². The van der Waals surface area contributed by atoms with Gasteiger partial charge in [-0.1, -0.05) is 25.1 Å². The smallest absolute Gasteiger partial charge is 0.0590 e. The molecular formula is C17H30N2O. The normalized spacial score (nSPS) is 14.6. The first-order valence-corrected chi connectivity index (χ1v) is 7.57. The predicted octanol–water partition coefficient (Wildman–Crippen LogP) is 3.05. The molecule has 3 nitrogen and oxygen atoms in total. The number of benzene rings is 1. The van der Waals surface area contributed by atoms with Gasteiger partial charge in [0.25, 0.3) is 0 Å². The number of hydrogen-bond acceptors (Lipinski definition) is 3. The van der Waals surface area contributed by atoms with Crippen molar-refractivity contribution < 1.29 is 4.74 Å². The first kappa shape index (κ1) is 17.2. The Labute approximate surface area is 124 Å². The number of nitrogens with two attached hydrogens (primary N) is 1. The summed E-state index contributed by atoms with van der Waals surface area (Å²) in [6.45, 7) is 11.1. The lowest BCUT2D eigenvalue weighted by Gasteiger charge is -2.36. The van der Waals surface area contributed by atoms with Crippen LogP contribution in [-0.4, -0.2) is 37.7 Å². The lowest BCUT2D eigenvalue weighted by atomic mass is 9.95. The van der Waals surface area contributed by atoms with Crippen molar-refractivity contribution in [3.8, 4) is 0 Å². The van der Waals surface area contributed by atoms with Gasteiger partial charge in [0.15, 0.2) is 0 Å². The molecule has 0 saturated carbocycles. The zero-order chi connectivity index (χ0) is 15.1. The second-order valence-corrected chi connectivity index (χ2v) is 5.53. The molecule has 0 aromatic heterocycles. The van der Waals surface area contributed by atoms with Gasteiger partial charge in [-0.3, -0.25) is 4.90 Å². The predicted molar refractivity (Wildman–Crippen MR) is 86.0 cm³/mol. The van der Waals surface area contributed by atoms with Crippen LogP contribution in [-0.2, 0) is 4.74 Å². The summed E-state index contributed by atoms with van der Waals surface area (Å²) in [5.74, 6) is 0. The molecule has 2 N–H and O–H groups in total. The average molecular weight is 278 g/mol. The third-order valence-corrected chi connectivity index (χ3v) is 4.34. The summed E-state index contributed by atoms with van der Waals surface area (Å²) in [6.07, 6.45) is 1.12. The van der Waals surface area contributed by atoms with Crippen molar-refractivity contribution in [2.24, 2.45) is 5.73 Å². The summed E-state index contributed by atoms with van der Waals surface area (Å²) in [7, 11) is 1.75. The fourth-order valence-corrected chi connectivity index (χ4v) is 2.69. The first-order chi connectivity index (χ1) is 9.56. The van der Waals surface area contributed by atoms with Crippen LogP contribution in [0.1, 0.15) is 43.0 Å². The van der Waals surface area contributed by atoms with Crippen LogP contribution < -0.4 is 5.73 Å². The lowest BCUT2D eigenvalue weighted by Crippen LogP contribution is -2.42. The summed E-state index contributed by atoms with van der Waals surface area (Å²) in [4.78, 5) is 2.48. The monoisotopic (exact) mass is 278 g/mol. The zero-order valence-corrected chi connectivity index (χ0v) is 13.6. The molecule has 1 aromatic carbocycles. The number of rotatable bonds is 8. The summed E-state index contributed by atoms with van der Waals surface area (Å²) in [6, 6.07) is 7.27. The van der Waals surface area contributed by atoms with Crippen LogP contribution in [0.2, 0.25) is 0 Å². The van der Waals surface area contributed by atoms with Gasteiger partial charge in [-0.05, 0) is 43.9 Å². The second kappa shape index (κ2) is 8.40. The lowest BCUT2D eigenvalue weighted by molar-refractivity contribution is 0.0900. The molecule has 1 rings (SSSR count). The minimum absolute atomic E-state index is 0.264. The largest absolute Gasteiger partial charge is 0.383 e. The topological polar surface area (TPSA) is 38.5 Å². The van der Waals surface area contributed by atoms with Gasteiger partial charge >= 0.3 is 0 Å². The summed E-state index contributed by atoms with van der Waals surface area (Å²) < 4.78 is 5.27. The number of aryl methyl sites for hydroxylation is 1. The van der Waals surface area contributed by atoms with Gasteiger partial charge in [0, 0.05) is 32.3 Å². The minimum Gasteiger partial charge on any atom is -0.383 e. The molecule has 0 bridgehead atoms. The minimum atomic E-state index is 0.264. The van der Waals surface area contributed by atoms with Gasteiger partial charge in [-0.15, -0.1) is 0 Å². The summed E-state index contributed by atoms with van der Waals surface area (Å²) in [5, 5.41) is 0. The molecule has 3 heteroatoms. The molecule has 0 amide bonds. The van der Waals surface area contributed by atoms with Crippen molar-refractivity contribution in [1.29, 1.82) is 0 Å². The van der Waals surface area contributed by atoms with Gasteiger partial charge in [-0.25, -0.2) is 0 Å². The highest BCUT2D eigenvalue weighted by Gasteiger charge is 2.24. The van der Waals surface area contributed by atoms with Gasteiger partial charge in [-0.2, -0.15) is 0 Å². The van der Waals surface area contributed by atoms with Crippen LogP contribution in [0.4, 0.5) is 0 Å². The van der Waals surface area contributed by atoms with E-state index in [-0.39, 0.29) is 6.04 Å². The Balaban J connectivity index is 3.08. The molecule has 0 saturated heterocycles. The standard InChI is InChI=1S/C17H30N2O/c1-6-14(3)19(10-11-20-5)17(12-18)16-9-7-8-13(2)15(16)4/h7-9,14,17H,6,10-12,18H2,1-5H3. The van der Waals surface area contributed by atoms with Gasteiger partial charge < -0.3 is 10.5 Å². The Morgan fingerprint density at radius 3 is 2.55 bits per heavy atom. The Morgan fingerprint density at radius 1 is 1.30 bits per heavy atom. The van der Waals surface area contributed by atoms with Gasteiger partial charge in [0.2, 0.25) is 0 Å². The molecule has 2 atom stereocenters. The van der Waals surface area contributed by atoms with E-state index in [1.165, 1.54) is 16.7 Å². The third-order valence-electron chi connectivity index (χ3n) is 4.34. The van der Waals surface area contributed by atoms with Crippen molar-refractivity contribution in [1.82, 2.24) is 4.90 Å². The van der Waals surface area contributed by atoms with E-state index < -0.39 is 0 Å². The highest BCUT2D eigenvalue weighted by molar-refractivity contribution is 5.35. The Kier molecular flexibility index (Phi) is 7.20. The zero-order valence-electron chi connectivity index (χ0n) is 13.6. The van der Waals surface area contributed by atoms with E-state index in [0.717, 1.165) is 19.6 Å². The molecule has 0 spiro atoms. The van der Waals surface area contributed by atoms with Crippen molar-refractivity contribution in [3.63, 3.8) is 0 Å². The Bertz CT molecular complexity index is 406. The molecular weight excluding hydrogens is 248 g/mol. The van der Waals surface area contributed by atoms with E-state index in [1.54, 1.807) is 7.11 Å². The maximum Gasteiger partial charge on any atom is 0.0590 e. The summed E-state index contributed by atoms with van der Waals surface area (Å²) >= 11 is 0. The summed E-state index contributed by atoms with van der Waals surface area (Å²) in [5.41, 5.74) is 10.1. The van der Waals surface area contributed by atoms with E-state index >= 15 is 0 Å². The molecule has 0 heterocycles. The van der Waals surface area contributed by atoms with Crippen LogP contribution in [0.3, 0.4) is 0 Å². The molecule has 0 aliphatic carbocycles. The second-order valence-electron chi connectivity index (χ2n) is 5.53. The van der Waals surface area contributed by atoms with E-state index in [0.29, 0.717) is 12.6 Å². The van der Waals surface area contributed by atoms with Gasteiger partial charge in [0.05, 0.1) is 6.61 Å². The van der Waals surface area contributed by atoms with Crippen LogP contribution in [0.15, 0.2) is 18.2 Å². The Morgan fingerprint density at radius 2 is 2.00 bits per heavy atom. The van der Waals surface area contributed by atoms with Crippen LogP contribution >= 0.6 is 0 Å². The van der Waals surface area contributed by atoms with E-state index in [9.17, 15) is 0 Å².